The van der Waals surface area contributed by atoms with Gasteiger partial charge >= 0.3 is 5.97 Å². The van der Waals surface area contributed by atoms with E-state index >= 15 is 0 Å². The van der Waals surface area contributed by atoms with Crippen LogP contribution in [-0.4, -0.2) is 24.2 Å². The van der Waals surface area contributed by atoms with Crippen molar-refractivity contribution >= 4 is 11.7 Å². The topological polar surface area (TPSA) is 40.5 Å². The molecule has 0 radical (unpaired) electrons. The number of carbonyl (C=O) groups is 1. The number of hydrogen-bond donors (Lipinski definition) is 1. The quantitative estimate of drug-likeness (QED) is 0.694. The van der Waals surface area contributed by atoms with Gasteiger partial charge in [0.1, 0.15) is 0 Å². The highest BCUT2D eigenvalue weighted by atomic mass is 16.4. The summed E-state index contributed by atoms with van der Waals surface area (Å²) in [7, 11) is 0. The first-order valence-corrected chi connectivity index (χ1v) is 7.65. The van der Waals surface area contributed by atoms with Crippen LogP contribution in [0.5, 0.6) is 0 Å². The van der Waals surface area contributed by atoms with Gasteiger partial charge in [-0.1, -0.05) is 45.7 Å². The van der Waals surface area contributed by atoms with Crippen LogP contribution in [0.2, 0.25) is 0 Å². The van der Waals surface area contributed by atoms with Gasteiger partial charge in [-0.15, -0.1) is 0 Å². The molecular formula is C17H27NO2. The number of carboxylic acids is 1. The zero-order valence-electron chi connectivity index (χ0n) is 12.9. The van der Waals surface area contributed by atoms with Gasteiger partial charge in [0.15, 0.2) is 0 Å². The molecule has 1 atom stereocenters. The Hall–Kier alpha value is -1.51. The zero-order chi connectivity index (χ0) is 15.0. The van der Waals surface area contributed by atoms with Gasteiger partial charge in [0.05, 0.1) is 5.92 Å². The molecule has 0 aliphatic carbocycles. The third kappa shape index (κ3) is 5.24. The number of nitrogens with zero attached hydrogens (tertiary/aromatic N) is 1. The van der Waals surface area contributed by atoms with Gasteiger partial charge in [-0.25, -0.2) is 0 Å². The molecule has 0 saturated carbocycles. The Balaban J connectivity index is 2.75. The molecule has 0 saturated heterocycles. The lowest BCUT2D eigenvalue weighted by Crippen LogP contribution is -2.32. The first-order chi connectivity index (χ1) is 9.58. The van der Waals surface area contributed by atoms with E-state index in [1.165, 1.54) is 18.4 Å². The fourth-order valence-corrected chi connectivity index (χ4v) is 2.23. The summed E-state index contributed by atoms with van der Waals surface area (Å²) in [4.78, 5) is 13.3. The summed E-state index contributed by atoms with van der Waals surface area (Å²) in [6.45, 7) is 7.60. The molecule has 0 aliphatic rings. The Kier molecular flexibility index (Phi) is 7.13. The molecule has 0 spiro atoms. The van der Waals surface area contributed by atoms with Crippen LogP contribution in [0, 0.1) is 5.92 Å². The fourth-order valence-electron chi connectivity index (χ4n) is 2.23. The molecule has 0 bridgehead atoms. The van der Waals surface area contributed by atoms with E-state index < -0.39 is 5.97 Å². The van der Waals surface area contributed by atoms with Crippen LogP contribution >= 0.6 is 0 Å². The monoisotopic (exact) mass is 277 g/mol. The predicted octanol–water partition coefficient (Wildman–Crippen LogP) is 3.97. The third-order valence-corrected chi connectivity index (χ3v) is 3.66. The van der Waals surface area contributed by atoms with E-state index in [9.17, 15) is 4.79 Å². The summed E-state index contributed by atoms with van der Waals surface area (Å²) in [6, 6.07) is 8.49. The van der Waals surface area contributed by atoms with E-state index in [-0.39, 0.29) is 5.92 Å². The summed E-state index contributed by atoms with van der Waals surface area (Å²) < 4.78 is 0. The largest absolute Gasteiger partial charge is 0.481 e. The summed E-state index contributed by atoms with van der Waals surface area (Å²) >= 11 is 0. The van der Waals surface area contributed by atoms with Gasteiger partial charge in [-0.3, -0.25) is 4.79 Å². The van der Waals surface area contributed by atoms with Crippen molar-refractivity contribution in [1.82, 2.24) is 0 Å². The number of hydrogen-bond acceptors (Lipinski definition) is 2. The Morgan fingerprint density at radius 1 is 1.20 bits per heavy atom. The average molecular weight is 277 g/mol. The Morgan fingerprint density at radius 3 is 2.35 bits per heavy atom. The summed E-state index contributed by atoms with van der Waals surface area (Å²) in [5, 5.41) is 9.10. The van der Waals surface area contributed by atoms with Crippen molar-refractivity contribution in [3.63, 3.8) is 0 Å². The number of unbranched alkanes of at least 4 members (excludes halogenated alkanes) is 2. The maximum absolute atomic E-state index is 11.1. The summed E-state index contributed by atoms with van der Waals surface area (Å²) in [5.41, 5.74) is 2.44. The van der Waals surface area contributed by atoms with Crippen molar-refractivity contribution < 1.29 is 9.90 Å². The summed E-state index contributed by atoms with van der Waals surface area (Å²) in [5.74, 6) is -1.07. The molecule has 1 aromatic carbocycles. The van der Waals surface area contributed by atoms with Crippen LogP contribution in [0.25, 0.3) is 0 Å². The maximum atomic E-state index is 11.1. The van der Waals surface area contributed by atoms with E-state index in [1.54, 1.807) is 6.92 Å². The lowest BCUT2D eigenvalue weighted by atomic mass is 10.1. The van der Waals surface area contributed by atoms with Crippen molar-refractivity contribution in [2.75, 3.05) is 18.0 Å². The first-order valence-electron chi connectivity index (χ1n) is 7.65. The number of rotatable bonds is 9. The smallest absolute Gasteiger partial charge is 0.308 e. The minimum absolute atomic E-state index is 0.345. The van der Waals surface area contributed by atoms with E-state index in [4.69, 9.17) is 5.11 Å². The second-order valence-corrected chi connectivity index (χ2v) is 5.41. The molecule has 112 valence electrons. The predicted molar refractivity (Wildman–Crippen MR) is 84.4 cm³/mol. The van der Waals surface area contributed by atoms with Crippen LogP contribution in [0.15, 0.2) is 24.3 Å². The molecule has 3 heteroatoms. The highest BCUT2D eigenvalue weighted by molar-refractivity contribution is 5.70. The lowest BCUT2D eigenvalue weighted by Gasteiger charge is -2.27. The average Bonchev–Trinajstić information content (AvgIpc) is 2.46. The van der Waals surface area contributed by atoms with Gasteiger partial charge < -0.3 is 10.0 Å². The van der Waals surface area contributed by atoms with E-state index in [0.29, 0.717) is 6.54 Å². The number of aliphatic carboxylic acids is 1. The first kappa shape index (κ1) is 16.5. The molecule has 1 N–H and O–H groups in total. The molecule has 1 aromatic rings. The number of aryl methyl sites for hydroxylation is 1. The van der Waals surface area contributed by atoms with E-state index in [1.807, 2.05) is 0 Å². The highest BCUT2D eigenvalue weighted by Crippen LogP contribution is 2.18. The van der Waals surface area contributed by atoms with Crippen molar-refractivity contribution in [2.45, 2.75) is 46.5 Å². The second-order valence-electron chi connectivity index (χ2n) is 5.41. The highest BCUT2D eigenvalue weighted by Gasteiger charge is 2.16. The minimum atomic E-state index is -0.726. The zero-order valence-corrected chi connectivity index (χ0v) is 12.9. The van der Waals surface area contributed by atoms with Crippen LogP contribution in [0.1, 0.15) is 45.6 Å². The third-order valence-electron chi connectivity index (χ3n) is 3.66. The molecule has 1 rings (SSSR count). The fraction of sp³-hybridized carbons (Fsp3) is 0.588. The van der Waals surface area contributed by atoms with Gasteiger partial charge in [0, 0.05) is 18.8 Å². The van der Waals surface area contributed by atoms with Crippen LogP contribution in [0.3, 0.4) is 0 Å². The van der Waals surface area contributed by atoms with Gasteiger partial charge in [-0.05, 0) is 30.5 Å². The number of benzene rings is 1. The molecule has 1 unspecified atom stereocenters. The van der Waals surface area contributed by atoms with Crippen LogP contribution in [-0.2, 0) is 11.2 Å². The van der Waals surface area contributed by atoms with Crippen molar-refractivity contribution in [1.29, 1.82) is 0 Å². The standard InChI is InChI=1S/C17H27NO2/c1-4-6-7-12-18(13-14(3)17(19)20)16-10-8-15(5-2)9-11-16/h8-11,14H,4-7,12-13H2,1-3H3,(H,19,20). The van der Waals surface area contributed by atoms with Gasteiger partial charge in [0.25, 0.3) is 0 Å². The van der Waals surface area contributed by atoms with Crippen molar-refractivity contribution in [3.8, 4) is 0 Å². The number of anilines is 1. The normalized spacial score (nSPS) is 12.2. The van der Waals surface area contributed by atoms with Crippen LogP contribution in [0.4, 0.5) is 5.69 Å². The van der Waals surface area contributed by atoms with E-state index in [0.717, 1.165) is 25.1 Å². The molecule has 0 aromatic heterocycles. The van der Waals surface area contributed by atoms with Crippen LogP contribution < -0.4 is 4.90 Å². The molecule has 0 fully saturated rings. The molecule has 20 heavy (non-hydrogen) atoms. The second kappa shape index (κ2) is 8.62. The Labute approximate surface area is 122 Å². The lowest BCUT2D eigenvalue weighted by molar-refractivity contribution is -0.140. The molecule has 0 aliphatic heterocycles. The minimum Gasteiger partial charge on any atom is -0.481 e. The van der Waals surface area contributed by atoms with Gasteiger partial charge in [-0.2, -0.15) is 0 Å². The molecule has 0 amide bonds. The van der Waals surface area contributed by atoms with E-state index in [2.05, 4.69) is 43.0 Å². The van der Waals surface area contributed by atoms with Crippen molar-refractivity contribution in [3.05, 3.63) is 29.8 Å². The molecule has 0 heterocycles. The Bertz CT molecular complexity index is 400. The maximum Gasteiger partial charge on any atom is 0.308 e. The molecule has 3 nitrogen and oxygen atoms in total. The molecular weight excluding hydrogens is 250 g/mol. The van der Waals surface area contributed by atoms with Crippen molar-refractivity contribution in [2.24, 2.45) is 5.92 Å². The number of carboxylic acid groups (broad SMARTS) is 1. The SMILES string of the molecule is CCCCCN(CC(C)C(=O)O)c1ccc(CC)cc1. The Morgan fingerprint density at radius 2 is 1.85 bits per heavy atom. The summed E-state index contributed by atoms with van der Waals surface area (Å²) in [6.07, 6.45) is 4.50. The van der Waals surface area contributed by atoms with Gasteiger partial charge in [0.2, 0.25) is 0 Å².